The molecule has 170 valence electrons. The largest absolute Gasteiger partial charge is 0.374 e. The van der Waals surface area contributed by atoms with Crippen LogP contribution in [0.4, 0.5) is 10.1 Å². The molecule has 2 aromatic rings. The molecular weight excluding hydrogens is 508 g/mol. The van der Waals surface area contributed by atoms with E-state index in [9.17, 15) is 9.18 Å². The van der Waals surface area contributed by atoms with Gasteiger partial charge in [-0.15, -0.1) is 24.0 Å². The molecule has 2 rings (SSSR count). The van der Waals surface area contributed by atoms with E-state index in [0.29, 0.717) is 18.7 Å². The van der Waals surface area contributed by atoms with E-state index in [0.717, 1.165) is 43.1 Å². The van der Waals surface area contributed by atoms with Crippen LogP contribution in [-0.2, 0) is 6.42 Å². The van der Waals surface area contributed by atoms with Crippen LogP contribution in [0, 0.1) is 5.82 Å². The van der Waals surface area contributed by atoms with E-state index in [1.54, 1.807) is 13.1 Å². The lowest BCUT2D eigenvalue weighted by Crippen LogP contribution is -2.38. The van der Waals surface area contributed by atoms with Gasteiger partial charge in [0.2, 0.25) is 0 Å². The first-order valence-electron chi connectivity index (χ1n) is 10.3. The summed E-state index contributed by atoms with van der Waals surface area (Å²) in [7, 11) is 3.58. The van der Waals surface area contributed by atoms with Crippen LogP contribution in [0.2, 0.25) is 0 Å². The van der Waals surface area contributed by atoms with Crippen LogP contribution in [0.5, 0.6) is 0 Å². The highest BCUT2D eigenvalue weighted by atomic mass is 127. The molecule has 0 aliphatic rings. The van der Waals surface area contributed by atoms with Crippen LogP contribution in [0.1, 0.15) is 29.3 Å². The van der Waals surface area contributed by atoms with E-state index in [-0.39, 0.29) is 35.7 Å². The number of hydrogen-bond donors (Lipinski definition) is 3. The van der Waals surface area contributed by atoms with Crippen molar-refractivity contribution < 1.29 is 9.18 Å². The zero-order valence-corrected chi connectivity index (χ0v) is 20.8. The molecule has 0 unspecified atom stereocenters. The standard InChI is InChI=1S/C23H32FN5O.HI/c1-4-26-23(27-13-7-15-29(3)21-11-6-10-20(24)17-21)28-14-12-18-8-5-9-19(16-18)22(30)25-2;/h5-6,8-11,16-17H,4,7,12-15H2,1-3H3,(H,25,30)(H2,26,27,28);1H. The van der Waals surface area contributed by atoms with Crippen molar-refractivity contribution in [2.24, 2.45) is 4.99 Å². The van der Waals surface area contributed by atoms with E-state index in [1.807, 2.05) is 49.2 Å². The van der Waals surface area contributed by atoms with Gasteiger partial charge in [0.15, 0.2) is 5.96 Å². The summed E-state index contributed by atoms with van der Waals surface area (Å²) in [5.41, 5.74) is 2.62. The van der Waals surface area contributed by atoms with Gasteiger partial charge >= 0.3 is 0 Å². The van der Waals surface area contributed by atoms with E-state index in [2.05, 4.69) is 20.9 Å². The highest BCUT2D eigenvalue weighted by molar-refractivity contribution is 14.0. The Morgan fingerprint density at radius 2 is 1.90 bits per heavy atom. The molecule has 0 heterocycles. The van der Waals surface area contributed by atoms with Crippen LogP contribution >= 0.6 is 24.0 Å². The molecule has 0 aliphatic heterocycles. The molecule has 6 nitrogen and oxygen atoms in total. The minimum absolute atomic E-state index is 0. The van der Waals surface area contributed by atoms with Gasteiger partial charge in [-0.2, -0.15) is 0 Å². The summed E-state index contributed by atoms with van der Waals surface area (Å²) < 4.78 is 13.3. The molecule has 1 amide bonds. The van der Waals surface area contributed by atoms with Gasteiger partial charge in [-0.1, -0.05) is 18.2 Å². The number of amides is 1. The number of rotatable bonds is 10. The number of guanidine groups is 1. The molecule has 0 atom stereocenters. The predicted octanol–water partition coefficient (Wildman–Crippen LogP) is 3.43. The SMILES string of the molecule is CCNC(=NCCCN(C)c1cccc(F)c1)NCCc1cccc(C(=O)NC)c1.I. The fourth-order valence-electron chi connectivity index (χ4n) is 3.02. The number of aliphatic imine (C=N–C) groups is 1. The zero-order chi connectivity index (χ0) is 21.8. The highest BCUT2D eigenvalue weighted by Gasteiger charge is 2.05. The Bertz CT molecular complexity index is 846. The fourth-order valence-corrected chi connectivity index (χ4v) is 3.02. The minimum Gasteiger partial charge on any atom is -0.374 e. The van der Waals surface area contributed by atoms with Gasteiger partial charge in [-0.3, -0.25) is 9.79 Å². The molecule has 3 N–H and O–H groups in total. The number of carbonyl (C=O) groups is 1. The Balaban J connectivity index is 0.00000480. The van der Waals surface area contributed by atoms with Crippen molar-refractivity contribution >= 4 is 41.5 Å². The maximum Gasteiger partial charge on any atom is 0.251 e. The van der Waals surface area contributed by atoms with Crippen LogP contribution in [0.3, 0.4) is 0 Å². The Labute approximate surface area is 201 Å². The molecule has 31 heavy (non-hydrogen) atoms. The monoisotopic (exact) mass is 541 g/mol. The van der Waals surface area contributed by atoms with E-state index in [4.69, 9.17) is 0 Å². The number of carbonyl (C=O) groups excluding carboxylic acids is 1. The first-order chi connectivity index (χ1) is 14.5. The first kappa shape index (κ1) is 26.7. The number of benzene rings is 2. The van der Waals surface area contributed by atoms with Gasteiger partial charge in [0.25, 0.3) is 5.91 Å². The highest BCUT2D eigenvalue weighted by Crippen LogP contribution is 2.13. The smallest absolute Gasteiger partial charge is 0.251 e. The molecule has 8 heteroatoms. The quantitative estimate of drug-likeness (QED) is 0.187. The molecule has 2 aromatic carbocycles. The first-order valence-corrected chi connectivity index (χ1v) is 10.3. The van der Waals surface area contributed by atoms with E-state index < -0.39 is 0 Å². The van der Waals surface area contributed by atoms with Crippen molar-refractivity contribution in [2.75, 3.05) is 45.2 Å². The van der Waals surface area contributed by atoms with Crippen LogP contribution in [0.15, 0.2) is 53.5 Å². The lowest BCUT2D eigenvalue weighted by Gasteiger charge is -2.19. The molecule has 0 saturated carbocycles. The third kappa shape index (κ3) is 9.54. The normalized spacial score (nSPS) is 10.8. The van der Waals surface area contributed by atoms with Crippen molar-refractivity contribution in [1.29, 1.82) is 0 Å². The summed E-state index contributed by atoms with van der Waals surface area (Å²) in [5, 5.41) is 9.22. The number of nitrogens with one attached hydrogen (secondary N) is 3. The Kier molecular flexibility index (Phi) is 12.6. The van der Waals surface area contributed by atoms with Crippen LogP contribution in [-0.4, -0.2) is 52.1 Å². The predicted molar refractivity (Wildman–Crippen MR) is 137 cm³/mol. The molecule has 0 saturated heterocycles. The van der Waals surface area contributed by atoms with Gasteiger partial charge < -0.3 is 20.9 Å². The second kappa shape index (κ2) is 14.6. The van der Waals surface area contributed by atoms with Crippen LogP contribution < -0.4 is 20.9 Å². The van der Waals surface area contributed by atoms with Crippen molar-refractivity contribution in [3.63, 3.8) is 0 Å². The molecule has 0 spiro atoms. The van der Waals surface area contributed by atoms with Crippen molar-refractivity contribution in [3.8, 4) is 0 Å². The number of hydrogen-bond acceptors (Lipinski definition) is 3. The fraction of sp³-hybridized carbons (Fsp3) is 0.391. The third-order valence-corrected chi connectivity index (χ3v) is 4.64. The topological polar surface area (TPSA) is 68.8 Å². The van der Waals surface area contributed by atoms with Gasteiger partial charge in [0.05, 0.1) is 0 Å². The number of halogens is 2. The number of anilines is 1. The Morgan fingerprint density at radius 1 is 1.13 bits per heavy atom. The Hall–Kier alpha value is -2.36. The molecule has 0 aliphatic carbocycles. The Morgan fingerprint density at radius 3 is 2.61 bits per heavy atom. The van der Waals surface area contributed by atoms with Crippen LogP contribution in [0.25, 0.3) is 0 Å². The summed E-state index contributed by atoms with van der Waals surface area (Å²) in [4.78, 5) is 18.4. The molecule has 0 radical (unpaired) electrons. The molecule has 0 fully saturated rings. The summed E-state index contributed by atoms with van der Waals surface area (Å²) in [6, 6.07) is 14.2. The van der Waals surface area contributed by atoms with E-state index >= 15 is 0 Å². The average Bonchev–Trinajstić information content (AvgIpc) is 2.76. The minimum atomic E-state index is -0.225. The lowest BCUT2D eigenvalue weighted by molar-refractivity contribution is 0.0963. The summed E-state index contributed by atoms with van der Waals surface area (Å²) in [5.74, 6) is 0.466. The summed E-state index contributed by atoms with van der Waals surface area (Å²) >= 11 is 0. The summed E-state index contributed by atoms with van der Waals surface area (Å²) in [6.45, 7) is 4.98. The number of nitrogens with zero attached hydrogens (tertiary/aromatic N) is 2. The van der Waals surface area contributed by atoms with Gasteiger partial charge in [0.1, 0.15) is 5.82 Å². The second-order valence-corrected chi connectivity index (χ2v) is 6.97. The van der Waals surface area contributed by atoms with Crippen molar-refractivity contribution in [3.05, 3.63) is 65.5 Å². The van der Waals surface area contributed by atoms with Gasteiger partial charge in [-0.05, 0) is 55.7 Å². The third-order valence-electron chi connectivity index (χ3n) is 4.64. The van der Waals surface area contributed by atoms with Crippen molar-refractivity contribution in [1.82, 2.24) is 16.0 Å². The average molecular weight is 541 g/mol. The van der Waals surface area contributed by atoms with Gasteiger partial charge in [-0.25, -0.2) is 4.39 Å². The molecular formula is C23H33FIN5O. The lowest BCUT2D eigenvalue weighted by atomic mass is 10.1. The zero-order valence-electron chi connectivity index (χ0n) is 18.5. The van der Waals surface area contributed by atoms with Gasteiger partial charge in [0, 0.05) is 51.5 Å². The maximum absolute atomic E-state index is 13.3. The summed E-state index contributed by atoms with van der Waals surface area (Å²) in [6.07, 6.45) is 1.65. The second-order valence-electron chi connectivity index (χ2n) is 6.97. The van der Waals surface area contributed by atoms with Crippen molar-refractivity contribution in [2.45, 2.75) is 19.8 Å². The molecule has 0 bridgehead atoms. The maximum atomic E-state index is 13.3. The van der Waals surface area contributed by atoms with E-state index in [1.165, 1.54) is 12.1 Å². The molecule has 0 aromatic heterocycles.